The van der Waals surface area contributed by atoms with Gasteiger partial charge in [0.2, 0.25) is 5.60 Å². The highest BCUT2D eigenvalue weighted by molar-refractivity contribution is 9.13. The molecule has 2 rings (SSSR count). The molecule has 0 fully saturated rings. The third kappa shape index (κ3) is 2.47. The van der Waals surface area contributed by atoms with Crippen LogP contribution in [-0.4, -0.2) is 28.5 Å². The van der Waals surface area contributed by atoms with Crippen LogP contribution in [0.2, 0.25) is 0 Å². The van der Waals surface area contributed by atoms with Gasteiger partial charge in [-0.1, -0.05) is 19.8 Å². The van der Waals surface area contributed by atoms with Gasteiger partial charge in [-0.3, -0.25) is 4.79 Å². The summed E-state index contributed by atoms with van der Waals surface area (Å²) in [6, 6.07) is 1.39. The minimum atomic E-state index is -1.95. The predicted octanol–water partition coefficient (Wildman–Crippen LogP) is 3.32. The second-order valence-corrected chi connectivity index (χ2v) is 7.20. The highest BCUT2D eigenvalue weighted by Crippen LogP contribution is 2.52. The Hall–Kier alpha value is -0.660. The van der Waals surface area contributed by atoms with E-state index in [9.17, 15) is 14.7 Å². The summed E-state index contributed by atoms with van der Waals surface area (Å²) in [5.74, 6) is -1.86. The summed E-state index contributed by atoms with van der Waals surface area (Å²) in [5.41, 5.74) is -1.56. The second-order valence-electron chi connectivity index (χ2n) is 5.59. The fourth-order valence-corrected chi connectivity index (χ4v) is 4.31. The zero-order valence-electron chi connectivity index (χ0n) is 12.7. The maximum Gasteiger partial charge on any atom is 0.345 e. The molecule has 1 aromatic rings. The molecular formula is C15H19Br2NO4. The number of aromatic nitrogens is 1. The number of Topliss-reactive ketones (excluding diaryl/α,β-unsaturated/α-hetero) is 1. The van der Waals surface area contributed by atoms with Gasteiger partial charge in [-0.15, -0.1) is 0 Å². The number of aliphatic hydroxyl groups is 1. The molecule has 0 bridgehead atoms. The maximum absolute atomic E-state index is 12.3. The largest absolute Gasteiger partial charge is 0.467 e. The monoisotopic (exact) mass is 435 g/mol. The first-order valence-electron chi connectivity index (χ1n) is 7.18. The molecule has 7 heteroatoms. The van der Waals surface area contributed by atoms with Crippen molar-refractivity contribution in [2.75, 3.05) is 7.11 Å². The van der Waals surface area contributed by atoms with Gasteiger partial charge < -0.3 is 14.4 Å². The number of carbonyl (C=O) groups is 2. The summed E-state index contributed by atoms with van der Waals surface area (Å²) in [6.07, 6.45) is 2.56. The molecule has 3 atom stereocenters. The number of ketones is 1. The molecule has 1 N–H and O–H groups in total. The number of esters is 1. The van der Waals surface area contributed by atoms with E-state index in [1.54, 1.807) is 6.07 Å². The Kier molecular flexibility index (Phi) is 5.19. The van der Waals surface area contributed by atoms with Crippen molar-refractivity contribution < 1.29 is 19.4 Å². The molecule has 0 spiro atoms. The summed E-state index contributed by atoms with van der Waals surface area (Å²) < 4.78 is 8.07. The van der Waals surface area contributed by atoms with E-state index < -0.39 is 17.5 Å². The van der Waals surface area contributed by atoms with E-state index in [-0.39, 0.29) is 11.8 Å². The van der Waals surface area contributed by atoms with Crippen LogP contribution >= 0.6 is 31.9 Å². The molecule has 0 saturated heterocycles. The normalized spacial score (nSPS) is 26.8. The van der Waals surface area contributed by atoms with Crippen LogP contribution in [0, 0.1) is 5.92 Å². The average Bonchev–Trinajstić information content (AvgIpc) is 2.90. The van der Waals surface area contributed by atoms with E-state index in [4.69, 9.17) is 4.74 Å². The van der Waals surface area contributed by atoms with Crippen LogP contribution in [0.4, 0.5) is 0 Å². The van der Waals surface area contributed by atoms with Gasteiger partial charge in [0, 0.05) is 6.04 Å². The van der Waals surface area contributed by atoms with Crippen molar-refractivity contribution in [1.82, 2.24) is 4.57 Å². The number of halogens is 2. The number of rotatable bonds is 5. The molecule has 122 valence electrons. The molecule has 0 unspecified atom stereocenters. The van der Waals surface area contributed by atoms with Crippen LogP contribution in [0.1, 0.15) is 44.8 Å². The molecule has 1 aliphatic heterocycles. The van der Waals surface area contributed by atoms with E-state index in [0.29, 0.717) is 12.1 Å². The minimum absolute atomic E-state index is 0.222. The number of nitrogens with zero attached hydrogens (tertiary/aromatic N) is 1. The Morgan fingerprint density at radius 1 is 1.45 bits per heavy atom. The van der Waals surface area contributed by atoms with E-state index in [0.717, 1.165) is 21.9 Å². The molecule has 0 amide bonds. The van der Waals surface area contributed by atoms with Gasteiger partial charge in [0.05, 0.1) is 27.8 Å². The summed E-state index contributed by atoms with van der Waals surface area (Å²) in [5, 5.41) is 11.1. The predicted molar refractivity (Wildman–Crippen MR) is 88.5 cm³/mol. The van der Waals surface area contributed by atoms with Crippen molar-refractivity contribution in [1.29, 1.82) is 0 Å². The fourth-order valence-electron chi connectivity index (χ4n) is 3.34. The Morgan fingerprint density at radius 3 is 2.59 bits per heavy atom. The third-order valence-corrected chi connectivity index (χ3v) is 6.22. The third-order valence-electron chi connectivity index (χ3n) is 4.28. The SMILES string of the molecule is CCCC[C@@H]1[C@@H](C(C)=O)[C@](O)(C(=O)OC)c2cc(Br)c(Br)n21. The van der Waals surface area contributed by atoms with Gasteiger partial charge in [-0.2, -0.15) is 0 Å². The van der Waals surface area contributed by atoms with Crippen LogP contribution in [0.25, 0.3) is 0 Å². The smallest absolute Gasteiger partial charge is 0.345 e. The molecule has 2 heterocycles. The number of unbranched alkanes of at least 4 members (excludes halogenated alkanes) is 1. The van der Waals surface area contributed by atoms with E-state index >= 15 is 0 Å². The summed E-state index contributed by atoms with van der Waals surface area (Å²) in [6.45, 7) is 3.47. The van der Waals surface area contributed by atoms with E-state index in [1.165, 1.54) is 14.0 Å². The quantitative estimate of drug-likeness (QED) is 0.718. The van der Waals surface area contributed by atoms with Crippen LogP contribution in [0.15, 0.2) is 15.1 Å². The van der Waals surface area contributed by atoms with Crippen molar-refractivity contribution in [3.8, 4) is 0 Å². The standard InChI is InChI=1S/C15H19Br2NO4/c1-4-5-6-10-12(8(2)19)15(21,14(20)22-3)11-7-9(16)13(17)18(10)11/h7,10,12,21H,4-6H2,1-3H3/t10-,12-,15+/m1/s1. The van der Waals surface area contributed by atoms with Gasteiger partial charge >= 0.3 is 5.97 Å². The van der Waals surface area contributed by atoms with E-state index in [1.807, 2.05) is 4.57 Å². The molecule has 22 heavy (non-hydrogen) atoms. The molecule has 0 radical (unpaired) electrons. The van der Waals surface area contributed by atoms with Crippen molar-refractivity contribution in [3.63, 3.8) is 0 Å². The lowest BCUT2D eigenvalue weighted by molar-refractivity contribution is -0.172. The molecule has 0 saturated carbocycles. The highest BCUT2D eigenvalue weighted by atomic mass is 79.9. The summed E-state index contributed by atoms with van der Waals surface area (Å²) >= 11 is 6.88. The van der Waals surface area contributed by atoms with Crippen molar-refractivity contribution >= 4 is 43.6 Å². The van der Waals surface area contributed by atoms with Gasteiger partial charge in [0.25, 0.3) is 0 Å². The number of ether oxygens (including phenoxy) is 1. The Bertz CT molecular complexity index is 613. The lowest BCUT2D eigenvalue weighted by Gasteiger charge is -2.28. The molecule has 1 aliphatic rings. The topological polar surface area (TPSA) is 68.5 Å². The van der Waals surface area contributed by atoms with Gasteiger partial charge in [0.15, 0.2) is 0 Å². The van der Waals surface area contributed by atoms with E-state index in [2.05, 4.69) is 38.8 Å². The van der Waals surface area contributed by atoms with Gasteiger partial charge in [-0.05, 0) is 51.3 Å². The maximum atomic E-state index is 12.3. The number of methoxy groups -OCH3 is 1. The van der Waals surface area contributed by atoms with Gasteiger partial charge in [0.1, 0.15) is 5.78 Å². The number of carbonyl (C=O) groups excluding carboxylic acids is 2. The van der Waals surface area contributed by atoms with Crippen LogP contribution < -0.4 is 0 Å². The van der Waals surface area contributed by atoms with Crippen LogP contribution in [0.5, 0.6) is 0 Å². The number of hydrogen-bond donors (Lipinski definition) is 1. The fraction of sp³-hybridized carbons (Fsp3) is 0.600. The zero-order valence-corrected chi connectivity index (χ0v) is 15.9. The number of hydrogen-bond acceptors (Lipinski definition) is 4. The van der Waals surface area contributed by atoms with Crippen molar-refractivity contribution in [3.05, 3.63) is 20.8 Å². The summed E-state index contributed by atoms with van der Waals surface area (Å²) in [7, 11) is 1.22. The second kappa shape index (κ2) is 6.45. The Balaban J connectivity index is 2.66. The highest BCUT2D eigenvalue weighted by Gasteiger charge is 2.60. The van der Waals surface area contributed by atoms with Crippen molar-refractivity contribution in [2.24, 2.45) is 5.92 Å². The first kappa shape index (κ1) is 17.7. The lowest BCUT2D eigenvalue weighted by Crippen LogP contribution is -2.45. The summed E-state index contributed by atoms with van der Waals surface area (Å²) in [4.78, 5) is 24.5. The molecular weight excluding hydrogens is 418 g/mol. The molecule has 0 aromatic carbocycles. The Morgan fingerprint density at radius 2 is 2.09 bits per heavy atom. The zero-order chi connectivity index (χ0) is 16.7. The molecule has 1 aromatic heterocycles. The van der Waals surface area contributed by atoms with Crippen LogP contribution in [-0.2, 0) is 19.9 Å². The van der Waals surface area contributed by atoms with Gasteiger partial charge in [-0.25, -0.2) is 4.79 Å². The first-order chi connectivity index (χ1) is 10.3. The lowest BCUT2D eigenvalue weighted by atomic mass is 9.79. The molecule has 5 nitrogen and oxygen atoms in total. The Labute approximate surface area is 146 Å². The molecule has 0 aliphatic carbocycles. The minimum Gasteiger partial charge on any atom is -0.467 e. The number of fused-ring (bicyclic) bond motifs is 1. The average molecular weight is 437 g/mol. The van der Waals surface area contributed by atoms with Crippen LogP contribution in [0.3, 0.4) is 0 Å². The van der Waals surface area contributed by atoms with Crippen molar-refractivity contribution in [2.45, 2.75) is 44.8 Å². The first-order valence-corrected chi connectivity index (χ1v) is 8.77.